The first-order valence-corrected chi connectivity index (χ1v) is 9.67. The first kappa shape index (κ1) is 14.5. The zero-order valence-corrected chi connectivity index (χ0v) is 13.8. The second-order valence-electron chi connectivity index (χ2n) is 6.49. The summed E-state index contributed by atoms with van der Waals surface area (Å²) in [6.45, 7) is 2.31. The van der Waals surface area contributed by atoms with E-state index >= 15 is 0 Å². The second kappa shape index (κ2) is 6.59. The van der Waals surface area contributed by atoms with Crippen molar-refractivity contribution in [2.75, 3.05) is 24.6 Å². The van der Waals surface area contributed by atoms with Crippen LogP contribution in [0, 0.1) is 5.92 Å². The van der Waals surface area contributed by atoms with Gasteiger partial charge in [0.05, 0.1) is 0 Å². The first-order valence-electron chi connectivity index (χ1n) is 8.52. The Labute approximate surface area is 136 Å². The van der Waals surface area contributed by atoms with Crippen molar-refractivity contribution in [3.8, 4) is 0 Å². The number of thioether (sulfide) groups is 1. The van der Waals surface area contributed by atoms with Crippen LogP contribution >= 0.6 is 11.8 Å². The van der Waals surface area contributed by atoms with E-state index in [4.69, 9.17) is 4.98 Å². The van der Waals surface area contributed by atoms with Gasteiger partial charge in [0.15, 0.2) is 5.65 Å². The van der Waals surface area contributed by atoms with E-state index in [1.807, 2.05) is 12.3 Å². The molecule has 2 aromatic rings. The highest BCUT2D eigenvalue weighted by Gasteiger charge is 2.24. The molecule has 2 fully saturated rings. The topological polar surface area (TPSA) is 42.7 Å². The van der Waals surface area contributed by atoms with Crippen LogP contribution < -0.4 is 5.32 Å². The molecule has 0 radical (unpaired) electrons. The van der Waals surface area contributed by atoms with E-state index in [1.54, 1.807) is 0 Å². The number of piperidine rings is 1. The molecule has 2 saturated heterocycles. The van der Waals surface area contributed by atoms with E-state index < -0.39 is 0 Å². The Morgan fingerprint density at radius 1 is 1.18 bits per heavy atom. The summed E-state index contributed by atoms with van der Waals surface area (Å²) in [5, 5.41) is 3.46. The van der Waals surface area contributed by atoms with E-state index in [0.29, 0.717) is 6.04 Å². The van der Waals surface area contributed by atoms with Gasteiger partial charge in [-0.15, -0.1) is 0 Å². The van der Waals surface area contributed by atoms with Crippen molar-refractivity contribution in [1.29, 1.82) is 0 Å². The van der Waals surface area contributed by atoms with Gasteiger partial charge in [-0.1, -0.05) is 0 Å². The van der Waals surface area contributed by atoms with Gasteiger partial charge < -0.3 is 9.88 Å². The van der Waals surface area contributed by atoms with Crippen molar-refractivity contribution in [3.63, 3.8) is 0 Å². The van der Waals surface area contributed by atoms with Crippen LogP contribution in [0.2, 0.25) is 0 Å². The Bertz CT molecular complexity index is 627. The number of nitrogens with one attached hydrogen (secondary N) is 1. The largest absolute Gasteiger partial charge is 0.317 e. The third-order valence-electron chi connectivity index (χ3n) is 5.01. The van der Waals surface area contributed by atoms with Gasteiger partial charge in [-0.2, -0.15) is 11.8 Å². The Morgan fingerprint density at radius 3 is 2.82 bits per heavy atom. The highest BCUT2D eigenvalue weighted by molar-refractivity contribution is 7.99. The Balaban J connectivity index is 1.68. The lowest BCUT2D eigenvalue weighted by molar-refractivity contribution is 0.355. The fourth-order valence-electron chi connectivity index (χ4n) is 3.79. The minimum absolute atomic E-state index is 0.595. The smallest absolute Gasteiger partial charge is 0.160 e. The average molecular weight is 316 g/mol. The Kier molecular flexibility index (Phi) is 4.35. The number of rotatable bonds is 3. The molecule has 2 aromatic heterocycles. The van der Waals surface area contributed by atoms with Crippen LogP contribution in [0.25, 0.3) is 11.2 Å². The van der Waals surface area contributed by atoms with Crippen LogP contribution in [0.5, 0.6) is 0 Å². The molecule has 2 aliphatic rings. The van der Waals surface area contributed by atoms with Crippen molar-refractivity contribution < 1.29 is 0 Å². The molecule has 22 heavy (non-hydrogen) atoms. The van der Waals surface area contributed by atoms with Crippen LogP contribution in [0.15, 0.2) is 18.3 Å². The number of hydrogen-bond donors (Lipinski definition) is 1. The molecule has 0 aliphatic carbocycles. The molecular weight excluding hydrogens is 292 g/mol. The van der Waals surface area contributed by atoms with Crippen LogP contribution in [-0.2, 0) is 6.42 Å². The molecule has 4 heterocycles. The maximum absolute atomic E-state index is 4.96. The molecule has 0 amide bonds. The SMILES string of the molecule is c1cnc2c(c1)nc(CC1CCNCC1)n2C1CCSCC1. The summed E-state index contributed by atoms with van der Waals surface area (Å²) in [7, 11) is 0. The number of aromatic nitrogens is 3. The fraction of sp³-hybridized carbons (Fsp3) is 0.647. The molecule has 0 atom stereocenters. The van der Waals surface area contributed by atoms with Crippen molar-refractivity contribution >= 4 is 22.9 Å². The average Bonchev–Trinajstić information content (AvgIpc) is 2.94. The minimum Gasteiger partial charge on any atom is -0.317 e. The summed E-state index contributed by atoms with van der Waals surface area (Å²) in [5.74, 6) is 4.58. The van der Waals surface area contributed by atoms with Gasteiger partial charge in [0.25, 0.3) is 0 Å². The van der Waals surface area contributed by atoms with Gasteiger partial charge >= 0.3 is 0 Å². The van der Waals surface area contributed by atoms with E-state index in [1.165, 1.54) is 43.0 Å². The fourth-order valence-corrected chi connectivity index (χ4v) is 4.87. The normalized spacial score (nSPS) is 21.5. The van der Waals surface area contributed by atoms with Crippen molar-refractivity contribution in [2.24, 2.45) is 5.92 Å². The lowest BCUT2D eigenvalue weighted by atomic mass is 9.94. The molecule has 4 rings (SSSR count). The highest BCUT2D eigenvalue weighted by atomic mass is 32.2. The van der Waals surface area contributed by atoms with Gasteiger partial charge in [-0.3, -0.25) is 0 Å². The molecule has 118 valence electrons. The quantitative estimate of drug-likeness (QED) is 0.945. The summed E-state index contributed by atoms with van der Waals surface area (Å²) >= 11 is 2.08. The molecule has 4 nitrogen and oxygen atoms in total. The van der Waals surface area contributed by atoms with E-state index in [9.17, 15) is 0 Å². The lowest BCUT2D eigenvalue weighted by Crippen LogP contribution is -2.29. The number of hydrogen-bond acceptors (Lipinski definition) is 4. The molecule has 2 aliphatic heterocycles. The predicted octanol–water partition coefficient (Wildman–Crippen LogP) is 3.04. The molecule has 0 aromatic carbocycles. The van der Waals surface area contributed by atoms with E-state index in [2.05, 4.69) is 32.7 Å². The summed E-state index contributed by atoms with van der Waals surface area (Å²) in [6.07, 6.45) is 8.08. The third-order valence-corrected chi connectivity index (χ3v) is 6.06. The van der Waals surface area contributed by atoms with Crippen molar-refractivity contribution in [2.45, 2.75) is 38.1 Å². The number of nitrogens with zero attached hydrogens (tertiary/aromatic N) is 3. The second-order valence-corrected chi connectivity index (χ2v) is 7.71. The molecule has 0 saturated carbocycles. The molecular formula is C17H24N4S. The zero-order valence-electron chi connectivity index (χ0n) is 13.0. The van der Waals surface area contributed by atoms with Gasteiger partial charge in [0, 0.05) is 18.7 Å². The predicted molar refractivity (Wildman–Crippen MR) is 92.4 cm³/mol. The maximum atomic E-state index is 4.96. The Hall–Kier alpha value is -1.07. The van der Waals surface area contributed by atoms with Crippen LogP contribution in [0.3, 0.4) is 0 Å². The lowest BCUT2D eigenvalue weighted by Gasteiger charge is -2.27. The summed E-state index contributed by atoms with van der Waals surface area (Å²) in [4.78, 5) is 9.61. The van der Waals surface area contributed by atoms with E-state index in [-0.39, 0.29) is 0 Å². The number of imidazole rings is 1. The van der Waals surface area contributed by atoms with Crippen LogP contribution in [0.1, 0.15) is 37.5 Å². The van der Waals surface area contributed by atoms with Gasteiger partial charge in [0.2, 0.25) is 0 Å². The van der Waals surface area contributed by atoms with Gasteiger partial charge in [-0.05, 0) is 68.3 Å². The highest BCUT2D eigenvalue weighted by Crippen LogP contribution is 2.32. The Morgan fingerprint density at radius 2 is 2.00 bits per heavy atom. The van der Waals surface area contributed by atoms with E-state index in [0.717, 1.165) is 36.6 Å². The minimum atomic E-state index is 0.595. The summed E-state index contributed by atoms with van der Waals surface area (Å²) in [6, 6.07) is 4.71. The molecule has 1 N–H and O–H groups in total. The number of fused-ring (bicyclic) bond motifs is 1. The van der Waals surface area contributed by atoms with Gasteiger partial charge in [-0.25, -0.2) is 9.97 Å². The molecule has 0 bridgehead atoms. The third kappa shape index (κ3) is 2.88. The number of pyridine rings is 1. The first-order chi connectivity index (χ1) is 10.9. The molecule has 0 spiro atoms. The molecule has 0 unspecified atom stereocenters. The summed E-state index contributed by atoms with van der Waals surface area (Å²) < 4.78 is 2.48. The van der Waals surface area contributed by atoms with Crippen LogP contribution in [-0.4, -0.2) is 39.1 Å². The zero-order chi connectivity index (χ0) is 14.8. The van der Waals surface area contributed by atoms with Crippen molar-refractivity contribution in [1.82, 2.24) is 19.9 Å². The van der Waals surface area contributed by atoms with Gasteiger partial charge in [0.1, 0.15) is 11.3 Å². The maximum Gasteiger partial charge on any atom is 0.160 e. The van der Waals surface area contributed by atoms with Crippen molar-refractivity contribution in [3.05, 3.63) is 24.2 Å². The summed E-state index contributed by atoms with van der Waals surface area (Å²) in [5.41, 5.74) is 2.17. The molecule has 5 heteroatoms. The van der Waals surface area contributed by atoms with Crippen LogP contribution in [0.4, 0.5) is 0 Å². The monoisotopic (exact) mass is 316 g/mol. The standard InChI is InChI=1S/C17H24N4S/c1-2-15-17(19-7-1)21(14-5-10-22-11-6-14)16(20-15)12-13-3-8-18-9-4-13/h1-2,7,13-14,18H,3-6,8-12H2.